The van der Waals surface area contributed by atoms with Gasteiger partial charge in [-0.15, -0.1) is 0 Å². The molecule has 0 aliphatic carbocycles. The van der Waals surface area contributed by atoms with E-state index < -0.39 is 0 Å². The maximum Gasteiger partial charge on any atom is 0.252 e. The highest BCUT2D eigenvalue weighted by molar-refractivity contribution is 5.83. The number of imidazole rings is 1. The van der Waals surface area contributed by atoms with E-state index in [9.17, 15) is 4.79 Å². The summed E-state index contributed by atoms with van der Waals surface area (Å²) in [5.74, 6) is 2.33. The minimum atomic E-state index is -0.0898. The van der Waals surface area contributed by atoms with Crippen LogP contribution in [0.4, 0.5) is 0 Å². The molecule has 24 heavy (non-hydrogen) atoms. The Morgan fingerprint density at radius 1 is 1.25 bits per heavy atom. The standard InChI is InChI=1S/C17H18N4O3/c1-20(9-16-18-3-4-21(16)2)8-12-5-11-6-14-15(24-10-23-14)7-13(11)19-17(12)22/h3-7H,8-10H2,1-2H3,(H,19,22). The van der Waals surface area contributed by atoms with Crippen LogP contribution in [0.25, 0.3) is 10.9 Å². The third-order valence-corrected chi connectivity index (χ3v) is 4.19. The molecule has 7 heteroatoms. The normalized spacial score (nSPS) is 13.1. The molecule has 0 atom stereocenters. The van der Waals surface area contributed by atoms with Crippen LogP contribution in [0.3, 0.4) is 0 Å². The van der Waals surface area contributed by atoms with Gasteiger partial charge in [0.1, 0.15) is 5.82 Å². The van der Waals surface area contributed by atoms with Crippen LogP contribution in [-0.2, 0) is 20.1 Å². The summed E-state index contributed by atoms with van der Waals surface area (Å²) in [5.41, 5.74) is 1.37. The minimum absolute atomic E-state index is 0.0898. The summed E-state index contributed by atoms with van der Waals surface area (Å²) in [6.07, 6.45) is 3.68. The molecule has 1 N–H and O–H groups in total. The highest BCUT2D eigenvalue weighted by atomic mass is 16.7. The van der Waals surface area contributed by atoms with Crippen LogP contribution in [0.2, 0.25) is 0 Å². The van der Waals surface area contributed by atoms with Gasteiger partial charge in [-0.1, -0.05) is 0 Å². The number of benzene rings is 1. The van der Waals surface area contributed by atoms with Crippen LogP contribution >= 0.6 is 0 Å². The quantitative estimate of drug-likeness (QED) is 0.789. The lowest BCUT2D eigenvalue weighted by molar-refractivity contribution is 0.174. The van der Waals surface area contributed by atoms with Crippen LogP contribution < -0.4 is 15.0 Å². The molecular formula is C17H18N4O3. The maximum atomic E-state index is 12.4. The van der Waals surface area contributed by atoms with Crippen molar-refractivity contribution >= 4 is 10.9 Å². The van der Waals surface area contributed by atoms with Crippen molar-refractivity contribution < 1.29 is 9.47 Å². The van der Waals surface area contributed by atoms with Crippen molar-refractivity contribution in [3.8, 4) is 11.5 Å². The number of rotatable bonds is 4. The van der Waals surface area contributed by atoms with E-state index in [-0.39, 0.29) is 12.4 Å². The van der Waals surface area contributed by atoms with Gasteiger partial charge in [-0.05, 0) is 19.2 Å². The first kappa shape index (κ1) is 14.8. The van der Waals surface area contributed by atoms with Gasteiger partial charge in [0.15, 0.2) is 11.5 Å². The van der Waals surface area contributed by atoms with Gasteiger partial charge >= 0.3 is 0 Å². The van der Waals surface area contributed by atoms with E-state index in [2.05, 4.69) is 14.9 Å². The monoisotopic (exact) mass is 326 g/mol. The van der Waals surface area contributed by atoms with Crippen LogP contribution in [0, 0.1) is 0 Å². The zero-order valence-electron chi connectivity index (χ0n) is 13.6. The molecule has 3 heterocycles. The third kappa shape index (κ3) is 2.63. The topological polar surface area (TPSA) is 72.4 Å². The number of pyridine rings is 1. The molecule has 0 saturated carbocycles. The third-order valence-electron chi connectivity index (χ3n) is 4.19. The number of nitrogens with zero attached hydrogens (tertiary/aromatic N) is 3. The molecule has 0 bridgehead atoms. The number of hydrogen-bond acceptors (Lipinski definition) is 5. The molecule has 0 radical (unpaired) electrons. The number of H-pyrrole nitrogens is 1. The molecular weight excluding hydrogens is 308 g/mol. The molecule has 7 nitrogen and oxygen atoms in total. The summed E-state index contributed by atoms with van der Waals surface area (Å²) in [7, 11) is 3.93. The van der Waals surface area contributed by atoms with Crippen LogP contribution in [0.5, 0.6) is 11.5 Å². The van der Waals surface area contributed by atoms with Crippen LogP contribution in [0.1, 0.15) is 11.4 Å². The van der Waals surface area contributed by atoms with E-state index in [4.69, 9.17) is 9.47 Å². The van der Waals surface area contributed by atoms with Crippen molar-refractivity contribution in [1.29, 1.82) is 0 Å². The first-order valence-corrected chi connectivity index (χ1v) is 7.70. The minimum Gasteiger partial charge on any atom is -0.454 e. The zero-order valence-corrected chi connectivity index (χ0v) is 13.6. The molecule has 1 aliphatic heterocycles. The summed E-state index contributed by atoms with van der Waals surface area (Å²) < 4.78 is 12.7. The highest BCUT2D eigenvalue weighted by Gasteiger charge is 2.16. The molecule has 0 spiro atoms. The van der Waals surface area contributed by atoms with Gasteiger partial charge in [0.25, 0.3) is 5.56 Å². The lowest BCUT2D eigenvalue weighted by Crippen LogP contribution is -2.24. The molecule has 4 rings (SSSR count). The molecule has 0 saturated heterocycles. The van der Waals surface area contributed by atoms with Crippen LogP contribution in [-0.4, -0.2) is 33.3 Å². The second kappa shape index (κ2) is 5.68. The van der Waals surface area contributed by atoms with E-state index in [0.717, 1.165) is 16.7 Å². The van der Waals surface area contributed by atoms with Gasteiger partial charge in [-0.25, -0.2) is 4.98 Å². The largest absolute Gasteiger partial charge is 0.454 e. The van der Waals surface area contributed by atoms with Crippen molar-refractivity contribution in [3.05, 3.63) is 52.3 Å². The average molecular weight is 326 g/mol. The molecule has 0 unspecified atom stereocenters. The van der Waals surface area contributed by atoms with Crippen molar-refractivity contribution in [1.82, 2.24) is 19.4 Å². The summed E-state index contributed by atoms with van der Waals surface area (Å²) in [6.45, 7) is 1.42. The van der Waals surface area contributed by atoms with Gasteiger partial charge in [-0.2, -0.15) is 0 Å². The Balaban J connectivity index is 1.62. The number of aromatic nitrogens is 3. The second-order valence-corrected chi connectivity index (χ2v) is 6.04. The Morgan fingerprint density at radius 3 is 2.79 bits per heavy atom. The first-order chi connectivity index (χ1) is 11.6. The average Bonchev–Trinajstić information content (AvgIpc) is 3.15. The summed E-state index contributed by atoms with van der Waals surface area (Å²) in [5, 5.41) is 0.930. The number of ether oxygens (including phenoxy) is 2. The Hall–Kier alpha value is -2.80. The fourth-order valence-corrected chi connectivity index (χ4v) is 2.90. The smallest absolute Gasteiger partial charge is 0.252 e. The van der Waals surface area contributed by atoms with Gasteiger partial charge in [0.05, 0.1) is 12.1 Å². The fourth-order valence-electron chi connectivity index (χ4n) is 2.90. The van der Waals surface area contributed by atoms with E-state index >= 15 is 0 Å². The molecule has 0 amide bonds. The SMILES string of the molecule is CN(Cc1cc2cc3c(cc2[nH]c1=O)OCO3)Cc1nccn1C. The Labute approximate surface area is 138 Å². The van der Waals surface area contributed by atoms with E-state index in [1.54, 1.807) is 12.3 Å². The molecule has 0 fully saturated rings. The van der Waals surface area contributed by atoms with Gasteiger partial charge in [-0.3, -0.25) is 9.69 Å². The van der Waals surface area contributed by atoms with E-state index in [0.29, 0.717) is 30.2 Å². The predicted octanol–water partition coefficient (Wildman–Crippen LogP) is 1.62. The lowest BCUT2D eigenvalue weighted by Gasteiger charge is -2.16. The molecule has 1 aromatic carbocycles. The molecule has 1 aliphatic rings. The number of aromatic amines is 1. The number of aryl methyl sites for hydroxylation is 1. The number of nitrogens with one attached hydrogen (secondary N) is 1. The van der Waals surface area contributed by atoms with Crippen molar-refractivity contribution in [2.45, 2.75) is 13.1 Å². The highest BCUT2D eigenvalue weighted by Crippen LogP contribution is 2.35. The van der Waals surface area contributed by atoms with Gasteiger partial charge < -0.3 is 19.0 Å². The number of hydrogen-bond donors (Lipinski definition) is 1. The summed E-state index contributed by atoms with van der Waals surface area (Å²) in [6, 6.07) is 5.61. The van der Waals surface area contributed by atoms with Crippen LogP contribution in [0.15, 0.2) is 35.4 Å². The predicted molar refractivity (Wildman–Crippen MR) is 89.1 cm³/mol. The van der Waals surface area contributed by atoms with Gasteiger partial charge in [0, 0.05) is 43.0 Å². The Kier molecular flexibility index (Phi) is 3.50. The summed E-state index contributed by atoms with van der Waals surface area (Å²) in [4.78, 5) is 21.7. The Bertz CT molecular complexity index is 960. The van der Waals surface area contributed by atoms with Crippen molar-refractivity contribution in [2.24, 2.45) is 7.05 Å². The fraction of sp³-hybridized carbons (Fsp3) is 0.294. The lowest BCUT2D eigenvalue weighted by atomic mass is 10.1. The zero-order chi connectivity index (χ0) is 16.7. The molecule has 3 aromatic rings. The van der Waals surface area contributed by atoms with E-state index in [1.165, 1.54) is 0 Å². The van der Waals surface area contributed by atoms with Crippen molar-refractivity contribution in [3.63, 3.8) is 0 Å². The van der Waals surface area contributed by atoms with E-state index in [1.807, 2.05) is 37.0 Å². The maximum absolute atomic E-state index is 12.4. The van der Waals surface area contributed by atoms with Gasteiger partial charge in [0.2, 0.25) is 6.79 Å². The number of fused-ring (bicyclic) bond motifs is 2. The van der Waals surface area contributed by atoms with Crippen molar-refractivity contribution in [2.75, 3.05) is 13.8 Å². The first-order valence-electron chi connectivity index (χ1n) is 7.70. The molecule has 2 aromatic heterocycles. The second-order valence-electron chi connectivity index (χ2n) is 6.04. The Morgan fingerprint density at radius 2 is 2.04 bits per heavy atom. The summed E-state index contributed by atoms with van der Waals surface area (Å²) >= 11 is 0. The molecule has 124 valence electrons.